The van der Waals surface area contributed by atoms with Crippen molar-refractivity contribution in [1.29, 1.82) is 0 Å². The highest BCUT2D eigenvalue weighted by molar-refractivity contribution is 7.97. The lowest BCUT2D eigenvalue weighted by atomic mass is 10.0. The number of hydrogen-bond donors (Lipinski definition) is 2. The number of nitrogens with one attached hydrogen (secondary N) is 1. The Morgan fingerprint density at radius 1 is 1.06 bits per heavy atom. The lowest BCUT2D eigenvalue weighted by molar-refractivity contribution is -0.385. The standard InChI is InChI=1S/C25H23N3O2S/c1-2-7-21(23-9-4-5-10-24(23)26)18-27-31-22-16-13-19(14-17-22)12-15-20-8-3-6-11-25(20)28(29)30/h3-11,13-14,16-17,27H,2,18,26H2,1H3/b21-7-. The van der Waals surface area contributed by atoms with Crippen LogP contribution < -0.4 is 10.5 Å². The second kappa shape index (κ2) is 11.0. The van der Waals surface area contributed by atoms with Crippen molar-refractivity contribution in [2.75, 3.05) is 12.3 Å². The van der Waals surface area contributed by atoms with Gasteiger partial charge in [0.25, 0.3) is 5.69 Å². The average molecular weight is 430 g/mol. The number of nitrogen functional groups attached to an aromatic ring is 1. The fourth-order valence-corrected chi connectivity index (χ4v) is 3.66. The van der Waals surface area contributed by atoms with Crippen LogP contribution in [0.4, 0.5) is 11.4 Å². The van der Waals surface area contributed by atoms with Crippen molar-refractivity contribution >= 4 is 28.9 Å². The van der Waals surface area contributed by atoms with E-state index in [1.165, 1.54) is 23.6 Å². The minimum absolute atomic E-state index is 0.0152. The Balaban J connectivity index is 1.62. The van der Waals surface area contributed by atoms with Gasteiger partial charge in [-0.05, 0) is 60.3 Å². The van der Waals surface area contributed by atoms with Crippen LogP contribution >= 0.6 is 11.9 Å². The number of nitrogens with two attached hydrogens (primary N) is 1. The highest BCUT2D eigenvalue weighted by atomic mass is 32.2. The third kappa shape index (κ3) is 6.22. The summed E-state index contributed by atoms with van der Waals surface area (Å²) in [4.78, 5) is 11.7. The summed E-state index contributed by atoms with van der Waals surface area (Å²) in [6.07, 6.45) is 3.11. The molecule has 0 amide bonds. The Morgan fingerprint density at radius 3 is 2.48 bits per heavy atom. The van der Waals surface area contributed by atoms with Crippen molar-refractivity contribution in [3.63, 3.8) is 0 Å². The molecular weight excluding hydrogens is 406 g/mol. The van der Waals surface area contributed by atoms with Gasteiger partial charge in [0.2, 0.25) is 0 Å². The van der Waals surface area contributed by atoms with Gasteiger partial charge in [0, 0.05) is 34.3 Å². The van der Waals surface area contributed by atoms with Crippen LogP contribution in [0.2, 0.25) is 0 Å². The molecule has 0 atom stereocenters. The van der Waals surface area contributed by atoms with Crippen molar-refractivity contribution in [3.05, 3.63) is 106 Å². The fraction of sp³-hybridized carbons (Fsp3) is 0.120. The molecule has 156 valence electrons. The topological polar surface area (TPSA) is 81.2 Å². The fourth-order valence-electron chi connectivity index (χ4n) is 2.99. The third-order valence-corrected chi connectivity index (χ3v) is 5.30. The molecule has 0 radical (unpaired) electrons. The number of hydrogen-bond acceptors (Lipinski definition) is 5. The summed E-state index contributed by atoms with van der Waals surface area (Å²) < 4.78 is 3.39. The van der Waals surface area contributed by atoms with E-state index in [1.807, 2.05) is 48.5 Å². The Morgan fingerprint density at radius 2 is 1.77 bits per heavy atom. The molecule has 0 heterocycles. The lowest BCUT2D eigenvalue weighted by Gasteiger charge is -2.11. The number of para-hydroxylation sites is 2. The quantitative estimate of drug-likeness (QED) is 0.166. The van der Waals surface area contributed by atoms with E-state index < -0.39 is 4.92 Å². The maximum atomic E-state index is 11.1. The van der Waals surface area contributed by atoms with Gasteiger partial charge in [0.1, 0.15) is 5.56 Å². The summed E-state index contributed by atoms with van der Waals surface area (Å²) in [5, 5.41) is 11.1. The van der Waals surface area contributed by atoms with E-state index in [0.29, 0.717) is 12.1 Å². The Labute approximate surface area is 186 Å². The molecule has 3 rings (SSSR count). The number of nitro benzene ring substituents is 1. The summed E-state index contributed by atoms with van der Waals surface area (Å²) in [6, 6.07) is 22.1. The molecule has 31 heavy (non-hydrogen) atoms. The highest BCUT2D eigenvalue weighted by Crippen LogP contribution is 2.23. The maximum absolute atomic E-state index is 11.1. The SMILES string of the molecule is CC/C=C(/CNSc1ccc(C#Cc2ccccc2[N+](=O)[O-])cc1)c1ccccc1N. The molecule has 0 fully saturated rings. The van der Waals surface area contributed by atoms with Crippen LogP contribution in [0.25, 0.3) is 5.57 Å². The highest BCUT2D eigenvalue weighted by Gasteiger charge is 2.09. The van der Waals surface area contributed by atoms with E-state index >= 15 is 0 Å². The second-order valence-electron chi connectivity index (χ2n) is 6.70. The van der Waals surface area contributed by atoms with Gasteiger partial charge >= 0.3 is 0 Å². The van der Waals surface area contributed by atoms with E-state index in [4.69, 9.17) is 5.73 Å². The largest absolute Gasteiger partial charge is 0.398 e. The van der Waals surface area contributed by atoms with Gasteiger partial charge in [0.05, 0.1) is 4.92 Å². The number of benzene rings is 3. The van der Waals surface area contributed by atoms with Crippen LogP contribution in [-0.4, -0.2) is 11.5 Å². The molecule has 0 spiro atoms. The molecule has 0 aromatic heterocycles. The number of allylic oxidation sites excluding steroid dienone is 1. The second-order valence-corrected chi connectivity index (χ2v) is 7.66. The number of anilines is 1. The van der Waals surface area contributed by atoms with Crippen molar-refractivity contribution in [2.45, 2.75) is 18.2 Å². The number of nitro groups is 1. The minimum atomic E-state index is -0.417. The predicted molar refractivity (Wildman–Crippen MR) is 129 cm³/mol. The zero-order valence-electron chi connectivity index (χ0n) is 17.2. The Kier molecular flexibility index (Phi) is 7.88. The molecule has 0 aliphatic carbocycles. The molecule has 3 N–H and O–H groups in total. The van der Waals surface area contributed by atoms with E-state index in [0.717, 1.165) is 28.1 Å². The average Bonchev–Trinajstić information content (AvgIpc) is 2.78. The van der Waals surface area contributed by atoms with Gasteiger partial charge in [-0.3, -0.25) is 14.8 Å². The summed E-state index contributed by atoms with van der Waals surface area (Å²) in [6.45, 7) is 2.79. The first-order valence-corrected chi connectivity index (χ1v) is 10.7. The van der Waals surface area contributed by atoms with Crippen LogP contribution in [0.3, 0.4) is 0 Å². The first kappa shape index (κ1) is 22.2. The Hall–Kier alpha value is -3.53. The molecule has 0 saturated carbocycles. The zero-order valence-corrected chi connectivity index (χ0v) is 18.0. The molecule has 0 bridgehead atoms. The van der Waals surface area contributed by atoms with Crippen molar-refractivity contribution in [3.8, 4) is 11.8 Å². The summed E-state index contributed by atoms with van der Waals surface area (Å²) in [5.41, 5.74) is 10.3. The summed E-state index contributed by atoms with van der Waals surface area (Å²) in [7, 11) is 0. The van der Waals surface area contributed by atoms with E-state index in [1.54, 1.807) is 18.2 Å². The van der Waals surface area contributed by atoms with Gasteiger partial charge < -0.3 is 5.73 Å². The van der Waals surface area contributed by atoms with Gasteiger partial charge in [-0.25, -0.2) is 0 Å². The van der Waals surface area contributed by atoms with Gasteiger partial charge in [-0.1, -0.05) is 55.2 Å². The van der Waals surface area contributed by atoms with Gasteiger partial charge in [0.15, 0.2) is 0 Å². The van der Waals surface area contributed by atoms with Gasteiger partial charge in [-0.15, -0.1) is 0 Å². The van der Waals surface area contributed by atoms with E-state index in [9.17, 15) is 10.1 Å². The summed E-state index contributed by atoms with van der Waals surface area (Å²) in [5.74, 6) is 5.89. The molecule has 0 aliphatic heterocycles. The van der Waals surface area contributed by atoms with Crippen molar-refractivity contribution in [2.24, 2.45) is 0 Å². The van der Waals surface area contributed by atoms with Crippen LogP contribution in [0.1, 0.15) is 30.0 Å². The normalized spacial score (nSPS) is 10.9. The van der Waals surface area contributed by atoms with Gasteiger partial charge in [-0.2, -0.15) is 0 Å². The molecule has 0 unspecified atom stereocenters. The monoisotopic (exact) mass is 429 g/mol. The Bertz CT molecular complexity index is 1150. The van der Waals surface area contributed by atoms with Crippen LogP contribution in [0, 0.1) is 22.0 Å². The van der Waals surface area contributed by atoms with Crippen molar-refractivity contribution in [1.82, 2.24) is 4.72 Å². The first-order valence-electron chi connectivity index (χ1n) is 9.87. The number of nitrogens with zero attached hydrogens (tertiary/aromatic N) is 1. The minimum Gasteiger partial charge on any atom is -0.398 e. The zero-order chi connectivity index (χ0) is 22.1. The molecular formula is C25H23N3O2S. The van der Waals surface area contributed by atoms with Crippen molar-refractivity contribution < 1.29 is 4.92 Å². The number of rotatable bonds is 7. The lowest BCUT2D eigenvalue weighted by Crippen LogP contribution is -2.09. The third-order valence-electron chi connectivity index (χ3n) is 4.51. The molecule has 0 saturated heterocycles. The predicted octanol–water partition coefficient (Wildman–Crippen LogP) is 5.67. The molecule has 5 nitrogen and oxygen atoms in total. The van der Waals surface area contributed by atoms with E-state index in [2.05, 4.69) is 29.6 Å². The van der Waals surface area contributed by atoms with Crippen LogP contribution in [0.15, 0.2) is 83.8 Å². The van der Waals surface area contributed by atoms with E-state index in [-0.39, 0.29) is 5.69 Å². The van der Waals surface area contributed by atoms with Crippen LogP contribution in [0.5, 0.6) is 0 Å². The molecule has 6 heteroatoms. The first-order chi connectivity index (χ1) is 15.1. The molecule has 3 aromatic rings. The molecule has 3 aromatic carbocycles. The maximum Gasteiger partial charge on any atom is 0.284 e. The van der Waals surface area contributed by atoms with Crippen LogP contribution in [-0.2, 0) is 0 Å². The molecule has 0 aliphatic rings. The smallest absolute Gasteiger partial charge is 0.284 e. The summed E-state index contributed by atoms with van der Waals surface area (Å²) >= 11 is 1.54.